The molecule has 1 aliphatic rings. The van der Waals surface area contributed by atoms with Crippen LogP contribution in [-0.2, 0) is 13.1 Å². The summed E-state index contributed by atoms with van der Waals surface area (Å²) in [7, 11) is 0. The minimum absolute atomic E-state index is 0.817. The number of aryl methyl sites for hydroxylation is 1. The van der Waals surface area contributed by atoms with Crippen LogP contribution in [0.2, 0.25) is 0 Å². The average molecular weight is 268 g/mol. The molecular weight excluding hydrogens is 248 g/mol. The molecule has 0 saturated heterocycles. The normalized spacial score (nSPS) is 13.4. The highest BCUT2D eigenvalue weighted by Crippen LogP contribution is 2.31. The Kier molecular flexibility index (Phi) is 3.30. The largest absolute Gasteiger partial charge is 0.370 e. The Hall–Kier alpha value is -2.10. The van der Waals surface area contributed by atoms with E-state index in [1.165, 1.54) is 11.1 Å². The van der Waals surface area contributed by atoms with Crippen LogP contribution in [0.3, 0.4) is 0 Å². The molecule has 0 unspecified atom stereocenters. The highest BCUT2D eigenvalue weighted by Gasteiger charge is 2.22. The standard InChI is InChI=1S/C16H20N4/c1-4-17-15-11(2)16(19-12(3)18-15)20-9-13-7-5-6-8-14(13)10-20/h5-8H,4,9-10H2,1-3H3,(H,17,18,19). The van der Waals surface area contributed by atoms with Crippen molar-refractivity contribution in [1.82, 2.24) is 9.97 Å². The number of nitrogens with zero attached hydrogens (tertiary/aromatic N) is 3. The molecule has 104 valence electrons. The van der Waals surface area contributed by atoms with Crippen molar-refractivity contribution in [2.24, 2.45) is 0 Å². The summed E-state index contributed by atoms with van der Waals surface area (Å²) in [5.74, 6) is 2.81. The maximum atomic E-state index is 4.66. The van der Waals surface area contributed by atoms with Crippen LogP contribution in [0.1, 0.15) is 29.4 Å². The smallest absolute Gasteiger partial charge is 0.137 e. The number of anilines is 2. The molecule has 4 nitrogen and oxygen atoms in total. The molecule has 0 fully saturated rings. The van der Waals surface area contributed by atoms with Crippen molar-refractivity contribution in [3.63, 3.8) is 0 Å². The summed E-state index contributed by atoms with van der Waals surface area (Å²) in [5.41, 5.74) is 3.92. The molecule has 1 aliphatic heterocycles. The van der Waals surface area contributed by atoms with Crippen molar-refractivity contribution in [3.8, 4) is 0 Å². The number of fused-ring (bicyclic) bond motifs is 1. The lowest BCUT2D eigenvalue weighted by molar-refractivity contribution is 0.834. The van der Waals surface area contributed by atoms with Crippen molar-refractivity contribution < 1.29 is 0 Å². The van der Waals surface area contributed by atoms with Gasteiger partial charge in [-0.05, 0) is 31.9 Å². The van der Waals surface area contributed by atoms with Crippen LogP contribution < -0.4 is 10.2 Å². The molecule has 20 heavy (non-hydrogen) atoms. The van der Waals surface area contributed by atoms with E-state index in [9.17, 15) is 0 Å². The maximum absolute atomic E-state index is 4.66. The van der Waals surface area contributed by atoms with E-state index in [4.69, 9.17) is 0 Å². The summed E-state index contributed by atoms with van der Waals surface area (Å²) < 4.78 is 0. The van der Waals surface area contributed by atoms with Gasteiger partial charge in [-0.15, -0.1) is 0 Å². The molecule has 0 bridgehead atoms. The van der Waals surface area contributed by atoms with E-state index >= 15 is 0 Å². The van der Waals surface area contributed by atoms with E-state index in [2.05, 4.69) is 58.3 Å². The number of hydrogen-bond donors (Lipinski definition) is 1. The van der Waals surface area contributed by atoms with Crippen molar-refractivity contribution in [2.75, 3.05) is 16.8 Å². The number of rotatable bonds is 3. The zero-order chi connectivity index (χ0) is 14.1. The van der Waals surface area contributed by atoms with Crippen LogP contribution in [0.15, 0.2) is 24.3 Å². The van der Waals surface area contributed by atoms with Crippen molar-refractivity contribution in [1.29, 1.82) is 0 Å². The van der Waals surface area contributed by atoms with Crippen molar-refractivity contribution >= 4 is 11.6 Å². The molecule has 4 heteroatoms. The number of hydrogen-bond acceptors (Lipinski definition) is 4. The summed E-state index contributed by atoms with van der Waals surface area (Å²) in [6, 6.07) is 8.60. The lowest BCUT2D eigenvalue weighted by Gasteiger charge is -2.21. The molecule has 1 aromatic heterocycles. The summed E-state index contributed by atoms with van der Waals surface area (Å²) in [4.78, 5) is 11.5. The Bertz CT molecular complexity index is 611. The van der Waals surface area contributed by atoms with Gasteiger partial charge in [0.2, 0.25) is 0 Å². The van der Waals surface area contributed by atoms with Crippen LogP contribution in [0.4, 0.5) is 11.6 Å². The maximum Gasteiger partial charge on any atom is 0.137 e. The van der Waals surface area contributed by atoms with Gasteiger partial charge in [0.25, 0.3) is 0 Å². The van der Waals surface area contributed by atoms with Crippen LogP contribution in [0.5, 0.6) is 0 Å². The summed E-state index contributed by atoms with van der Waals surface area (Å²) in [6.07, 6.45) is 0. The second-order valence-corrected chi connectivity index (χ2v) is 5.22. The predicted octanol–water partition coefficient (Wildman–Crippen LogP) is 3.05. The fourth-order valence-electron chi connectivity index (χ4n) is 2.74. The molecule has 1 aromatic carbocycles. The molecule has 0 amide bonds. The first kappa shape index (κ1) is 12.9. The number of benzene rings is 1. The Morgan fingerprint density at radius 1 is 1.10 bits per heavy atom. The zero-order valence-electron chi connectivity index (χ0n) is 12.3. The fraction of sp³-hybridized carbons (Fsp3) is 0.375. The Morgan fingerprint density at radius 2 is 1.75 bits per heavy atom. The zero-order valence-corrected chi connectivity index (χ0v) is 12.3. The van der Waals surface area contributed by atoms with Gasteiger partial charge in [-0.25, -0.2) is 9.97 Å². The van der Waals surface area contributed by atoms with Crippen molar-refractivity contribution in [3.05, 3.63) is 46.8 Å². The molecule has 2 aromatic rings. The second kappa shape index (κ2) is 5.12. The first-order chi connectivity index (χ1) is 9.69. The third kappa shape index (κ3) is 2.22. The van der Waals surface area contributed by atoms with E-state index in [0.29, 0.717) is 0 Å². The van der Waals surface area contributed by atoms with Crippen LogP contribution >= 0.6 is 0 Å². The average Bonchev–Trinajstić information content (AvgIpc) is 2.86. The van der Waals surface area contributed by atoms with E-state index in [0.717, 1.165) is 42.7 Å². The van der Waals surface area contributed by atoms with Gasteiger partial charge in [-0.2, -0.15) is 0 Å². The third-order valence-corrected chi connectivity index (χ3v) is 3.72. The molecular formula is C16H20N4. The van der Waals surface area contributed by atoms with Gasteiger partial charge >= 0.3 is 0 Å². The Balaban J connectivity index is 1.96. The minimum atomic E-state index is 0.817. The van der Waals surface area contributed by atoms with E-state index < -0.39 is 0 Å². The third-order valence-electron chi connectivity index (χ3n) is 3.72. The fourth-order valence-corrected chi connectivity index (χ4v) is 2.74. The molecule has 0 radical (unpaired) electrons. The molecule has 0 saturated carbocycles. The Labute approximate surface area is 119 Å². The minimum Gasteiger partial charge on any atom is -0.370 e. The monoisotopic (exact) mass is 268 g/mol. The molecule has 0 aliphatic carbocycles. The Morgan fingerprint density at radius 3 is 2.35 bits per heavy atom. The quantitative estimate of drug-likeness (QED) is 0.929. The highest BCUT2D eigenvalue weighted by atomic mass is 15.2. The summed E-state index contributed by atoms with van der Waals surface area (Å²) in [6.45, 7) is 8.86. The second-order valence-electron chi connectivity index (χ2n) is 5.22. The van der Waals surface area contributed by atoms with Gasteiger partial charge in [0.05, 0.1) is 0 Å². The SMILES string of the molecule is CCNc1nc(C)nc(N2Cc3ccccc3C2)c1C. The van der Waals surface area contributed by atoms with Crippen LogP contribution in [0, 0.1) is 13.8 Å². The number of aromatic nitrogens is 2. The van der Waals surface area contributed by atoms with Gasteiger partial charge in [-0.1, -0.05) is 24.3 Å². The molecule has 1 N–H and O–H groups in total. The van der Waals surface area contributed by atoms with Gasteiger partial charge in [0.1, 0.15) is 17.5 Å². The van der Waals surface area contributed by atoms with Gasteiger partial charge in [-0.3, -0.25) is 0 Å². The highest BCUT2D eigenvalue weighted by molar-refractivity contribution is 5.60. The molecule has 0 atom stereocenters. The summed E-state index contributed by atoms with van der Waals surface area (Å²) in [5, 5.41) is 3.32. The summed E-state index contributed by atoms with van der Waals surface area (Å²) >= 11 is 0. The van der Waals surface area contributed by atoms with Crippen LogP contribution in [0.25, 0.3) is 0 Å². The van der Waals surface area contributed by atoms with Crippen molar-refractivity contribution in [2.45, 2.75) is 33.9 Å². The molecule has 3 rings (SSSR count). The first-order valence-electron chi connectivity index (χ1n) is 7.10. The van der Waals surface area contributed by atoms with E-state index in [1.807, 2.05) is 6.92 Å². The first-order valence-corrected chi connectivity index (χ1v) is 7.10. The predicted molar refractivity (Wildman–Crippen MR) is 82.0 cm³/mol. The molecule has 2 heterocycles. The van der Waals surface area contributed by atoms with E-state index in [-0.39, 0.29) is 0 Å². The number of nitrogens with one attached hydrogen (secondary N) is 1. The van der Waals surface area contributed by atoms with Crippen LogP contribution in [-0.4, -0.2) is 16.5 Å². The molecule has 0 spiro atoms. The lowest BCUT2D eigenvalue weighted by atomic mass is 10.1. The van der Waals surface area contributed by atoms with Gasteiger partial charge < -0.3 is 10.2 Å². The van der Waals surface area contributed by atoms with Gasteiger partial charge in [0.15, 0.2) is 0 Å². The van der Waals surface area contributed by atoms with E-state index in [1.54, 1.807) is 0 Å². The van der Waals surface area contributed by atoms with Gasteiger partial charge in [0, 0.05) is 25.2 Å². The lowest BCUT2D eigenvalue weighted by Crippen LogP contribution is -2.19. The topological polar surface area (TPSA) is 41.1 Å².